The van der Waals surface area contributed by atoms with E-state index in [4.69, 9.17) is 17.0 Å². The fourth-order valence-corrected chi connectivity index (χ4v) is 3.92. The predicted molar refractivity (Wildman–Crippen MR) is 105 cm³/mol. The van der Waals surface area contributed by atoms with Gasteiger partial charge in [0.25, 0.3) is 0 Å². The molecule has 0 amide bonds. The van der Waals surface area contributed by atoms with Crippen molar-refractivity contribution in [1.82, 2.24) is 0 Å². The number of thiocarbonyl (C=S) groups is 1. The zero-order valence-electron chi connectivity index (χ0n) is 14.4. The molecule has 1 aromatic carbocycles. The lowest BCUT2D eigenvalue weighted by Crippen LogP contribution is -2.20. The highest BCUT2D eigenvalue weighted by Crippen LogP contribution is 2.34. The Balaban J connectivity index is 2.17. The van der Waals surface area contributed by atoms with Crippen LogP contribution in [-0.4, -0.2) is 18.2 Å². The van der Waals surface area contributed by atoms with Crippen molar-refractivity contribution in [2.75, 3.05) is 17.7 Å². The molecule has 0 radical (unpaired) electrons. The van der Waals surface area contributed by atoms with E-state index < -0.39 is 0 Å². The molecule has 6 heteroatoms. The van der Waals surface area contributed by atoms with Gasteiger partial charge in [-0.25, -0.2) is 4.79 Å². The van der Waals surface area contributed by atoms with E-state index in [1.807, 2.05) is 26.0 Å². The lowest BCUT2D eigenvalue weighted by Gasteiger charge is -2.11. The largest absolute Gasteiger partial charge is 0.465 e. The van der Waals surface area contributed by atoms with Crippen LogP contribution in [0, 0.1) is 6.92 Å². The second-order valence-corrected chi connectivity index (χ2v) is 6.95. The van der Waals surface area contributed by atoms with Gasteiger partial charge in [-0.05, 0) is 55.2 Å². The molecule has 24 heavy (non-hydrogen) atoms. The SMILES string of the molecule is CCc1ccc(NC(=S)Nc2sc(C)c(CC)c2C(=O)OC)cc1. The van der Waals surface area contributed by atoms with E-state index >= 15 is 0 Å². The van der Waals surface area contributed by atoms with Crippen LogP contribution in [0.25, 0.3) is 0 Å². The minimum absolute atomic E-state index is 0.339. The van der Waals surface area contributed by atoms with Crippen LogP contribution in [-0.2, 0) is 17.6 Å². The molecule has 0 bridgehead atoms. The van der Waals surface area contributed by atoms with Crippen LogP contribution in [0.4, 0.5) is 10.7 Å². The molecule has 2 rings (SSSR count). The second-order valence-electron chi connectivity index (χ2n) is 5.32. The number of esters is 1. The number of carbonyl (C=O) groups excluding carboxylic acids is 1. The highest BCUT2D eigenvalue weighted by Gasteiger charge is 2.22. The molecule has 2 N–H and O–H groups in total. The van der Waals surface area contributed by atoms with E-state index in [1.165, 1.54) is 24.0 Å². The molecule has 2 aromatic rings. The summed E-state index contributed by atoms with van der Waals surface area (Å²) in [6.07, 6.45) is 1.77. The molecule has 0 fully saturated rings. The first-order chi connectivity index (χ1) is 11.5. The molecule has 128 valence electrons. The normalized spacial score (nSPS) is 10.3. The van der Waals surface area contributed by atoms with Crippen LogP contribution < -0.4 is 10.6 Å². The van der Waals surface area contributed by atoms with E-state index in [-0.39, 0.29) is 5.97 Å². The summed E-state index contributed by atoms with van der Waals surface area (Å²) in [5.74, 6) is -0.339. The summed E-state index contributed by atoms with van der Waals surface area (Å²) in [4.78, 5) is 13.2. The smallest absolute Gasteiger partial charge is 0.341 e. The van der Waals surface area contributed by atoms with Gasteiger partial charge >= 0.3 is 5.97 Å². The van der Waals surface area contributed by atoms with Crippen molar-refractivity contribution in [3.63, 3.8) is 0 Å². The Morgan fingerprint density at radius 2 is 1.83 bits per heavy atom. The lowest BCUT2D eigenvalue weighted by molar-refractivity contribution is 0.0601. The van der Waals surface area contributed by atoms with E-state index in [9.17, 15) is 4.79 Å². The van der Waals surface area contributed by atoms with Gasteiger partial charge in [0.2, 0.25) is 0 Å². The molecule has 0 aliphatic rings. The zero-order chi connectivity index (χ0) is 17.7. The molecule has 0 spiro atoms. The maximum absolute atomic E-state index is 12.1. The number of thiophene rings is 1. The summed E-state index contributed by atoms with van der Waals surface area (Å²) < 4.78 is 4.92. The molecular weight excluding hydrogens is 340 g/mol. The Kier molecular flexibility index (Phi) is 6.34. The van der Waals surface area contributed by atoms with Gasteiger partial charge in [0.15, 0.2) is 5.11 Å². The van der Waals surface area contributed by atoms with Gasteiger partial charge in [0, 0.05) is 10.6 Å². The number of methoxy groups -OCH3 is 1. The number of hydrogen-bond donors (Lipinski definition) is 2. The number of anilines is 2. The number of ether oxygens (including phenoxy) is 1. The van der Waals surface area contributed by atoms with E-state index in [2.05, 4.69) is 29.7 Å². The molecule has 0 saturated carbocycles. The molecule has 0 aliphatic heterocycles. The fraction of sp³-hybridized carbons (Fsp3) is 0.333. The molecule has 0 atom stereocenters. The van der Waals surface area contributed by atoms with Gasteiger partial charge in [-0.2, -0.15) is 0 Å². The number of nitrogens with one attached hydrogen (secondary N) is 2. The maximum Gasteiger partial charge on any atom is 0.341 e. The van der Waals surface area contributed by atoms with Crippen LogP contribution in [0.1, 0.15) is 40.2 Å². The third-order valence-corrected chi connectivity index (χ3v) is 5.07. The molecule has 0 saturated heterocycles. The summed E-state index contributed by atoms with van der Waals surface area (Å²) in [6.45, 7) is 6.14. The first kappa shape index (κ1) is 18.4. The van der Waals surface area contributed by atoms with Crippen LogP contribution >= 0.6 is 23.6 Å². The Hall–Kier alpha value is -1.92. The van der Waals surface area contributed by atoms with Crippen molar-refractivity contribution < 1.29 is 9.53 Å². The van der Waals surface area contributed by atoms with Crippen LogP contribution in [0.2, 0.25) is 0 Å². The van der Waals surface area contributed by atoms with E-state index in [1.54, 1.807) is 0 Å². The van der Waals surface area contributed by atoms with Crippen molar-refractivity contribution in [3.05, 3.63) is 45.8 Å². The average molecular weight is 363 g/mol. The van der Waals surface area contributed by atoms with E-state index in [0.29, 0.717) is 10.7 Å². The fourth-order valence-electron chi connectivity index (χ4n) is 2.50. The van der Waals surface area contributed by atoms with Crippen molar-refractivity contribution in [1.29, 1.82) is 0 Å². The predicted octanol–water partition coefficient (Wildman–Crippen LogP) is 4.78. The Morgan fingerprint density at radius 1 is 1.17 bits per heavy atom. The van der Waals surface area contributed by atoms with Crippen LogP contribution in [0.15, 0.2) is 24.3 Å². The summed E-state index contributed by atoms with van der Waals surface area (Å²) in [5.41, 5.74) is 3.76. The van der Waals surface area contributed by atoms with Gasteiger partial charge in [-0.15, -0.1) is 11.3 Å². The summed E-state index contributed by atoms with van der Waals surface area (Å²) in [5, 5.41) is 7.46. The number of aryl methyl sites for hydroxylation is 2. The van der Waals surface area contributed by atoms with Crippen LogP contribution in [0.5, 0.6) is 0 Å². The lowest BCUT2D eigenvalue weighted by atomic mass is 10.1. The standard InChI is InChI=1S/C18H22N2O2S2/c1-5-12-7-9-13(10-8-12)19-18(23)20-16-15(17(21)22-4)14(6-2)11(3)24-16/h7-10H,5-6H2,1-4H3,(H2,19,20,23). The summed E-state index contributed by atoms with van der Waals surface area (Å²) in [7, 11) is 1.39. The van der Waals surface area contributed by atoms with Crippen LogP contribution in [0.3, 0.4) is 0 Å². The molecule has 1 aromatic heterocycles. The average Bonchev–Trinajstić information content (AvgIpc) is 2.89. The second kappa shape index (κ2) is 8.26. The van der Waals surface area contributed by atoms with Gasteiger partial charge in [0.05, 0.1) is 12.7 Å². The van der Waals surface area contributed by atoms with Gasteiger partial charge in [-0.1, -0.05) is 26.0 Å². The van der Waals surface area contributed by atoms with Gasteiger partial charge in [-0.3, -0.25) is 0 Å². The maximum atomic E-state index is 12.1. The van der Waals surface area contributed by atoms with Gasteiger partial charge < -0.3 is 15.4 Å². The third-order valence-electron chi connectivity index (χ3n) is 3.80. The highest BCUT2D eigenvalue weighted by molar-refractivity contribution is 7.80. The minimum Gasteiger partial charge on any atom is -0.465 e. The number of hydrogen-bond acceptors (Lipinski definition) is 4. The molecule has 0 aliphatic carbocycles. The Bertz CT molecular complexity index is 736. The van der Waals surface area contributed by atoms with Crippen molar-refractivity contribution in [3.8, 4) is 0 Å². The minimum atomic E-state index is -0.339. The summed E-state index contributed by atoms with van der Waals surface area (Å²) in [6, 6.07) is 8.11. The molecule has 1 heterocycles. The molecular formula is C18H22N2O2S2. The monoisotopic (exact) mass is 362 g/mol. The van der Waals surface area contributed by atoms with Crippen molar-refractivity contribution in [2.24, 2.45) is 0 Å². The van der Waals surface area contributed by atoms with Crippen molar-refractivity contribution >= 4 is 45.3 Å². The van der Waals surface area contributed by atoms with Crippen molar-refractivity contribution in [2.45, 2.75) is 33.6 Å². The van der Waals surface area contributed by atoms with Gasteiger partial charge in [0.1, 0.15) is 5.00 Å². The molecule has 0 unspecified atom stereocenters. The topological polar surface area (TPSA) is 50.4 Å². The number of benzene rings is 1. The number of rotatable bonds is 5. The highest BCUT2D eigenvalue weighted by atomic mass is 32.1. The first-order valence-electron chi connectivity index (χ1n) is 7.87. The first-order valence-corrected chi connectivity index (χ1v) is 9.10. The summed E-state index contributed by atoms with van der Waals surface area (Å²) >= 11 is 6.90. The Labute approximate surface area is 152 Å². The molecule has 4 nitrogen and oxygen atoms in total. The third kappa shape index (κ3) is 4.13. The zero-order valence-corrected chi connectivity index (χ0v) is 16.0. The number of carbonyl (C=O) groups is 1. The quantitative estimate of drug-likeness (QED) is 0.592. The Morgan fingerprint density at radius 3 is 2.38 bits per heavy atom. The van der Waals surface area contributed by atoms with E-state index in [0.717, 1.165) is 34.0 Å².